The van der Waals surface area contributed by atoms with Gasteiger partial charge in [0.2, 0.25) is 6.29 Å². The van der Waals surface area contributed by atoms with Crippen molar-refractivity contribution in [1.29, 1.82) is 0 Å². The smallest absolute Gasteiger partial charge is 0.305 e. The summed E-state index contributed by atoms with van der Waals surface area (Å²) in [5, 5.41) is 30.3. The normalized spacial score (nSPS) is 37.9. The molecule has 2 rings (SSSR count). The molecule has 0 aromatic carbocycles. The Kier molecular flexibility index (Phi) is 9.73. The number of hydrogen-bond donors (Lipinski definition) is 3. The first-order valence-electron chi connectivity index (χ1n) is 10.5. The Morgan fingerprint density at radius 2 is 1.24 bits per heavy atom. The Hall–Kier alpha value is -2.36. The van der Waals surface area contributed by atoms with Gasteiger partial charge in [0.15, 0.2) is 24.6 Å². The van der Waals surface area contributed by atoms with Crippen LogP contribution in [0.5, 0.6) is 0 Å². The summed E-state index contributed by atoms with van der Waals surface area (Å²) in [6.07, 6.45) is -14.7. The largest absolute Gasteiger partial charge is 0.463 e. The number of rotatable bonds is 7. The van der Waals surface area contributed by atoms with Gasteiger partial charge in [-0.3, -0.25) is 19.2 Å². The van der Waals surface area contributed by atoms with Crippen molar-refractivity contribution in [3.63, 3.8) is 0 Å². The first kappa shape index (κ1) is 27.9. The van der Waals surface area contributed by atoms with E-state index in [-0.39, 0.29) is 0 Å². The third-order valence-electron chi connectivity index (χ3n) is 5.03. The van der Waals surface area contributed by atoms with Gasteiger partial charge in [-0.15, -0.1) is 0 Å². The number of aliphatic hydroxyl groups excluding tert-OH is 3. The van der Waals surface area contributed by atoms with Crippen LogP contribution >= 0.6 is 0 Å². The van der Waals surface area contributed by atoms with Gasteiger partial charge in [-0.05, 0) is 6.92 Å². The molecular weight excluding hydrogens is 464 g/mol. The molecule has 194 valence electrons. The molecule has 3 N–H and O–H groups in total. The number of esters is 4. The van der Waals surface area contributed by atoms with Crippen molar-refractivity contribution in [2.75, 3.05) is 6.61 Å². The maximum atomic E-state index is 11.9. The lowest BCUT2D eigenvalue weighted by atomic mass is 9.97. The van der Waals surface area contributed by atoms with E-state index in [0.29, 0.717) is 0 Å². The van der Waals surface area contributed by atoms with Crippen molar-refractivity contribution >= 4 is 23.9 Å². The van der Waals surface area contributed by atoms with Gasteiger partial charge in [-0.25, -0.2) is 0 Å². The lowest BCUT2D eigenvalue weighted by molar-refractivity contribution is -0.360. The van der Waals surface area contributed by atoms with Crippen LogP contribution in [0.4, 0.5) is 0 Å². The summed E-state index contributed by atoms with van der Waals surface area (Å²) in [7, 11) is 0. The van der Waals surface area contributed by atoms with Crippen molar-refractivity contribution in [3.8, 4) is 0 Å². The fourth-order valence-electron chi connectivity index (χ4n) is 3.56. The summed E-state index contributed by atoms with van der Waals surface area (Å²) < 4.78 is 37.5. The molecule has 10 atom stereocenters. The summed E-state index contributed by atoms with van der Waals surface area (Å²) in [6, 6.07) is 0. The predicted octanol–water partition coefficient (Wildman–Crippen LogP) is -2.09. The maximum absolute atomic E-state index is 11.9. The highest BCUT2D eigenvalue weighted by molar-refractivity contribution is 5.68. The van der Waals surface area contributed by atoms with Crippen LogP contribution in [-0.2, 0) is 52.3 Å². The molecule has 2 aliphatic heterocycles. The molecule has 0 spiro atoms. The average Bonchev–Trinajstić information content (AvgIpc) is 2.71. The monoisotopic (exact) mass is 494 g/mol. The second-order valence-electron chi connectivity index (χ2n) is 7.89. The fourth-order valence-corrected chi connectivity index (χ4v) is 3.56. The van der Waals surface area contributed by atoms with Crippen molar-refractivity contribution in [2.45, 2.75) is 96.0 Å². The lowest BCUT2D eigenvalue weighted by Gasteiger charge is -2.46. The third-order valence-corrected chi connectivity index (χ3v) is 5.03. The molecule has 14 nitrogen and oxygen atoms in total. The Bertz CT molecular complexity index is 756. The van der Waals surface area contributed by atoms with Gasteiger partial charge >= 0.3 is 23.9 Å². The summed E-state index contributed by atoms with van der Waals surface area (Å²) in [5.41, 5.74) is 0. The van der Waals surface area contributed by atoms with Crippen LogP contribution in [0.2, 0.25) is 0 Å². The molecule has 0 radical (unpaired) electrons. The number of carbonyl (C=O) groups excluding carboxylic acids is 4. The van der Waals surface area contributed by atoms with Gasteiger partial charge in [-0.1, -0.05) is 0 Å². The van der Waals surface area contributed by atoms with Crippen LogP contribution < -0.4 is 0 Å². The molecule has 2 heterocycles. The quantitative estimate of drug-likeness (QED) is 0.258. The summed E-state index contributed by atoms with van der Waals surface area (Å²) in [6.45, 7) is 5.29. The minimum absolute atomic E-state index is 0.458. The topological polar surface area (TPSA) is 194 Å². The zero-order valence-corrected chi connectivity index (χ0v) is 19.3. The lowest BCUT2D eigenvalue weighted by Crippen LogP contribution is -2.65. The molecule has 0 saturated carbocycles. The van der Waals surface area contributed by atoms with Crippen molar-refractivity contribution in [1.82, 2.24) is 0 Å². The Labute approximate surface area is 194 Å². The summed E-state index contributed by atoms with van der Waals surface area (Å²) in [4.78, 5) is 46.7. The van der Waals surface area contributed by atoms with Gasteiger partial charge in [0.25, 0.3) is 0 Å². The van der Waals surface area contributed by atoms with Crippen LogP contribution in [-0.4, -0.2) is 107 Å². The molecule has 0 bridgehead atoms. The number of aliphatic hydroxyl groups is 3. The molecule has 0 aromatic heterocycles. The van der Waals surface area contributed by atoms with Crippen LogP contribution in [0.25, 0.3) is 0 Å². The minimum Gasteiger partial charge on any atom is -0.463 e. The van der Waals surface area contributed by atoms with E-state index in [1.165, 1.54) is 6.92 Å². The van der Waals surface area contributed by atoms with Gasteiger partial charge in [-0.2, -0.15) is 0 Å². The van der Waals surface area contributed by atoms with E-state index in [9.17, 15) is 34.5 Å². The molecule has 0 aliphatic carbocycles. The average molecular weight is 494 g/mol. The summed E-state index contributed by atoms with van der Waals surface area (Å²) >= 11 is 0. The van der Waals surface area contributed by atoms with E-state index in [1.807, 2.05) is 0 Å². The maximum Gasteiger partial charge on any atom is 0.305 e. The highest BCUT2D eigenvalue weighted by Gasteiger charge is 2.55. The molecule has 2 aliphatic rings. The number of hydrogen-bond acceptors (Lipinski definition) is 14. The van der Waals surface area contributed by atoms with Crippen molar-refractivity contribution in [2.24, 2.45) is 0 Å². The standard InChI is InChI=1S/C20H30O14/c1-7-13(25)14(26)15(27)19(29-7)34-18-17(31-10(4)23)16(30-9(3)22)12(6-28-8(2)21)33-20(18)32-11(5)24/h7,12-20,25-27H,6H2,1-5H3/t7-,12+,13+,14+,15-,16-,17-,18+,19-,20-/m0/s1. The molecule has 0 amide bonds. The summed E-state index contributed by atoms with van der Waals surface area (Å²) in [5.74, 6) is -3.15. The van der Waals surface area contributed by atoms with E-state index in [0.717, 1.165) is 27.7 Å². The first-order valence-corrected chi connectivity index (χ1v) is 10.5. The molecule has 34 heavy (non-hydrogen) atoms. The van der Waals surface area contributed by atoms with E-state index in [2.05, 4.69) is 0 Å². The first-order chi connectivity index (χ1) is 15.8. The van der Waals surface area contributed by atoms with E-state index in [1.54, 1.807) is 0 Å². The predicted molar refractivity (Wildman–Crippen MR) is 105 cm³/mol. The van der Waals surface area contributed by atoms with Gasteiger partial charge in [0, 0.05) is 27.7 Å². The molecular formula is C20H30O14. The van der Waals surface area contributed by atoms with Crippen LogP contribution in [0.1, 0.15) is 34.6 Å². The van der Waals surface area contributed by atoms with E-state index < -0.39 is 91.9 Å². The molecule has 2 fully saturated rings. The Morgan fingerprint density at radius 1 is 0.676 bits per heavy atom. The van der Waals surface area contributed by atoms with Crippen LogP contribution in [0.3, 0.4) is 0 Å². The molecule has 0 unspecified atom stereocenters. The van der Waals surface area contributed by atoms with Gasteiger partial charge in [0.05, 0.1) is 6.10 Å². The Balaban J connectivity index is 2.44. The van der Waals surface area contributed by atoms with Gasteiger partial charge < -0.3 is 48.5 Å². The third kappa shape index (κ3) is 7.07. The number of ether oxygens (including phenoxy) is 7. The van der Waals surface area contributed by atoms with Crippen molar-refractivity contribution in [3.05, 3.63) is 0 Å². The van der Waals surface area contributed by atoms with Crippen LogP contribution in [0.15, 0.2) is 0 Å². The minimum atomic E-state index is -1.76. The van der Waals surface area contributed by atoms with Crippen LogP contribution in [0, 0.1) is 0 Å². The van der Waals surface area contributed by atoms with E-state index in [4.69, 9.17) is 33.2 Å². The molecule has 0 aromatic rings. The Morgan fingerprint density at radius 3 is 1.76 bits per heavy atom. The zero-order chi connectivity index (χ0) is 25.7. The number of carbonyl (C=O) groups is 4. The second kappa shape index (κ2) is 11.9. The zero-order valence-electron chi connectivity index (χ0n) is 19.3. The van der Waals surface area contributed by atoms with Crippen molar-refractivity contribution < 1.29 is 67.7 Å². The SMILES string of the molecule is CC(=O)OC[C@H]1O[C@H](OC(C)=O)[C@H](O[C@@H]2O[C@@H](C)[C@@H](O)[C@@H](O)[C@@H]2O)[C@@H](OC(C)=O)[C@H]1OC(C)=O. The fraction of sp³-hybridized carbons (Fsp3) is 0.800. The van der Waals surface area contributed by atoms with Gasteiger partial charge in [0.1, 0.15) is 31.0 Å². The molecule has 14 heteroatoms. The highest BCUT2D eigenvalue weighted by Crippen LogP contribution is 2.33. The second-order valence-corrected chi connectivity index (χ2v) is 7.89. The highest BCUT2D eigenvalue weighted by atomic mass is 16.8. The molecule has 2 saturated heterocycles. The van der Waals surface area contributed by atoms with E-state index >= 15 is 0 Å².